The molecule has 0 spiro atoms. The summed E-state index contributed by atoms with van der Waals surface area (Å²) in [4.78, 5) is 4.34. The first-order valence-electron chi connectivity index (χ1n) is 4.22. The fourth-order valence-electron chi connectivity index (χ4n) is 0.973. The lowest BCUT2D eigenvalue weighted by atomic mass is 10.3. The van der Waals surface area contributed by atoms with Crippen LogP contribution >= 0.6 is 12.2 Å². The van der Waals surface area contributed by atoms with Gasteiger partial charge < -0.3 is 15.8 Å². The van der Waals surface area contributed by atoms with Gasteiger partial charge in [0.1, 0.15) is 4.99 Å². The molecule has 3 N–H and O–H groups in total. The molecule has 1 rings (SSSR count). The number of hydrogen-bond donors (Lipinski definition) is 2. The quantitative estimate of drug-likeness (QED) is 0.556. The number of nitrogens with one attached hydrogen (secondary N) is 1. The van der Waals surface area contributed by atoms with Gasteiger partial charge >= 0.3 is 0 Å². The van der Waals surface area contributed by atoms with Gasteiger partial charge in [-0.1, -0.05) is 12.2 Å². The van der Waals surface area contributed by atoms with Gasteiger partial charge in [-0.05, 0) is 12.1 Å². The van der Waals surface area contributed by atoms with E-state index in [4.69, 9.17) is 22.7 Å². The van der Waals surface area contributed by atoms with Crippen molar-refractivity contribution in [1.29, 1.82) is 0 Å². The fourth-order valence-corrected chi connectivity index (χ4v) is 1.08. The molecule has 0 unspecified atom stereocenters. The molecule has 1 heterocycles. The molecule has 0 aliphatic heterocycles. The van der Waals surface area contributed by atoms with Gasteiger partial charge in [0.15, 0.2) is 0 Å². The van der Waals surface area contributed by atoms with Crippen molar-refractivity contribution in [2.24, 2.45) is 5.73 Å². The number of thiocarbonyl (C=S) groups is 1. The Bertz CT molecular complexity index is 317. The van der Waals surface area contributed by atoms with Gasteiger partial charge in [-0.15, -0.1) is 0 Å². The highest BCUT2D eigenvalue weighted by molar-refractivity contribution is 7.80. The Kier molecular flexibility index (Phi) is 4.28. The van der Waals surface area contributed by atoms with E-state index in [1.807, 2.05) is 12.1 Å². The summed E-state index contributed by atoms with van der Waals surface area (Å²) < 4.78 is 4.91. The molecule has 0 radical (unpaired) electrons. The average Bonchev–Trinajstić information content (AvgIpc) is 2.19. The lowest BCUT2D eigenvalue weighted by Crippen LogP contribution is -2.13. The zero-order valence-electron chi connectivity index (χ0n) is 7.99. The molecule has 4 nitrogen and oxygen atoms in total. The average molecular weight is 211 g/mol. The molecule has 0 amide bonds. The standard InChI is InChI=1S/C9H13N3OS/c1-13-5-4-11-7-2-3-12-8(6-7)9(10)14/h2-3,6H,4-5H2,1H3,(H2,10,14)(H,11,12). The van der Waals surface area contributed by atoms with Crippen molar-refractivity contribution in [1.82, 2.24) is 4.98 Å². The lowest BCUT2D eigenvalue weighted by molar-refractivity contribution is 0.211. The second-order valence-electron chi connectivity index (χ2n) is 2.71. The third-order valence-electron chi connectivity index (χ3n) is 1.65. The third kappa shape index (κ3) is 3.27. The monoisotopic (exact) mass is 211 g/mol. The van der Waals surface area contributed by atoms with Crippen molar-refractivity contribution in [2.45, 2.75) is 0 Å². The summed E-state index contributed by atoms with van der Waals surface area (Å²) in [5.74, 6) is 0. The van der Waals surface area contributed by atoms with Gasteiger partial charge in [0.25, 0.3) is 0 Å². The van der Waals surface area contributed by atoms with Crippen LogP contribution < -0.4 is 11.1 Å². The summed E-state index contributed by atoms with van der Waals surface area (Å²) in [6.45, 7) is 1.40. The van der Waals surface area contributed by atoms with Crippen molar-refractivity contribution in [3.8, 4) is 0 Å². The number of ether oxygens (including phenoxy) is 1. The van der Waals surface area contributed by atoms with E-state index in [9.17, 15) is 0 Å². The highest BCUT2D eigenvalue weighted by Gasteiger charge is 1.98. The van der Waals surface area contributed by atoms with E-state index in [0.717, 1.165) is 12.2 Å². The topological polar surface area (TPSA) is 60.2 Å². The van der Waals surface area contributed by atoms with Crippen LogP contribution in [0.15, 0.2) is 18.3 Å². The summed E-state index contributed by atoms with van der Waals surface area (Å²) in [5, 5.41) is 3.16. The first kappa shape index (κ1) is 10.9. The van der Waals surface area contributed by atoms with Crippen molar-refractivity contribution in [3.63, 3.8) is 0 Å². The SMILES string of the molecule is COCCNc1ccnc(C(N)=S)c1. The van der Waals surface area contributed by atoms with Gasteiger partial charge in [-0.2, -0.15) is 0 Å². The van der Waals surface area contributed by atoms with Crippen LogP contribution in [0.5, 0.6) is 0 Å². The molecule has 0 aliphatic carbocycles. The van der Waals surface area contributed by atoms with E-state index >= 15 is 0 Å². The first-order valence-corrected chi connectivity index (χ1v) is 4.63. The minimum atomic E-state index is 0.306. The maximum Gasteiger partial charge on any atom is 0.122 e. The van der Waals surface area contributed by atoms with Crippen LogP contribution in [0.25, 0.3) is 0 Å². The predicted molar refractivity (Wildman–Crippen MR) is 60.5 cm³/mol. The molecule has 0 aliphatic rings. The number of rotatable bonds is 5. The van der Waals surface area contributed by atoms with Crippen molar-refractivity contribution >= 4 is 22.9 Å². The van der Waals surface area contributed by atoms with Crippen LogP contribution in [0.1, 0.15) is 5.69 Å². The maximum absolute atomic E-state index is 5.45. The second-order valence-corrected chi connectivity index (χ2v) is 3.15. The Hall–Kier alpha value is -1.20. The summed E-state index contributed by atoms with van der Waals surface area (Å²) in [7, 11) is 1.66. The maximum atomic E-state index is 5.45. The van der Waals surface area contributed by atoms with Gasteiger partial charge in [-0.3, -0.25) is 4.98 Å². The summed E-state index contributed by atoms with van der Waals surface area (Å²) in [6.07, 6.45) is 1.67. The fraction of sp³-hybridized carbons (Fsp3) is 0.333. The summed E-state index contributed by atoms with van der Waals surface area (Å²) in [6, 6.07) is 3.68. The highest BCUT2D eigenvalue weighted by atomic mass is 32.1. The zero-order chi connectivity index (χ0) is 10.4. The number of methoxy groups -OCH3 is 1. The molecule has 14 heavy (non-hydrogen) atoms. The summed E-state index contributed by atoms with van der Waals surface area (Å²) in [5.41, 5.74) is 7.03. The minimum Gasteiger partial charge on any atom is -0.388 e. The molecule has 5 heteroatoms. The normalized spacial score (nSPS) is 9.79. The number of nitrogens with two attached hydrogens (primary N) is 1. The van der Waals surface area contributed by atoms with Crippen LogP contribution in [-0.4, -0.2) is 30.2 Å². The van der Waals surface area contributed by atoms with Gasteiger partial charge in [0.2, 0.25) is 0 Å². The molecule has 0 fully saturated rings. The number of hydrogen-bond acceptors (Lipinski definition) is 4. The Labute approximate surface area is 88.5 Å². The Morgan fingerprint density at radius 1 is 1.71 bits per heavy atom. The number of pyridine rings is 1. The van der Waals surface area contributed by atoms with Crippen molar-refractivity contribution < 1.29 is 4.74 Å². The Morgan fingerprint density at radius 3 is 3.14 bits per heavy atom. The molecule has 0 saturated carbocycles. The number of aromatic nitrogens is 1. The molecular formula is C9H13N3OS. The molecular weight excluding hydrogens is 198 g/mol. The first-order chi connectivity index (χ1) is 6.74. The Balaban J connectivity index is 2.59. The van der Waals surface area contributed by atoms with Crippen LogP contribution in [-0.2, 0) is 4.74 Å². The zero-order valence-corrected chi connectivity index (χ0v) is 8.80. The van der Waals surface area contributed by atoms with E-state index in [1.54, 1.807) is 13.3 Å². The van der Waals surface area contributed by atoms with Gasteiger partial charge in [0.05, 0.1) is 12.3 Å². The van der Waals surface area contributed by atoms with Crippen LogP contribution in [0, 0.1) is 0 Å². The molecule has 0 bridgehead atoms. The third-order valence-corrected chi connectivity index (χ3v) is 1.86. The van der Waals surface area contributed by atoms with E-state index in [2.05, 4.69) is 10.3 Å². The van der Waals surface area contributed by atoms with E-state index in [0.29, 0.717) is 17.3 Å². The summed E-state index contributed by atoms with van der Waals surface area (Å²) >= 11 is 4.82. The van der Waals surface area contributed by atoms with Gasteiger partial charge in [-0.25, -0.2) is 0 Å². The van der Waals surface area contributed by atoms with Crippen LogP contribution in [0.2, 0.25) is 0 Å². The molecule has 76 valence electrons. The van der Waals surface area contributed by atoms with Crippen LogP contribution in [0.3, 0.4) is 0 Å². The lowest BCUT2D eigenvalue weighted by Gasteiger charge is -2.06. The second kappa shape index (κ2) is 5.51. The molecule has 1 aromatic rings. The predicted octanol–water partition coefficient (Wildman–Crippen LogP) is 0.774. The Morgan fingerprint density at radius 2 is 2.50 bits per heavy atom. The van der Waals surface area contributed by atoms with Crippen molar-refractivity contribution in [3.05, 3.63) is 24.0 Å². The molecule has 0 atom stereocenters. The largest absolute Gasteiger partial charge is 0.388 e. The number of nitrogens with zero attached hydrogens (tertiary/aromatic N) is 1. The minimum absolute atomic E-state index is 0.306. The van der Waals surface area contributed by atoms with E-state index in [1.165, 1.54) is 0 Å². The smallest absolute Gasteiger partial charge is 0.122 e. The van der Waals surface area contributed by atoms with Crippen LogP contribution in [0.4, 0.5) is 5.69 Å². The molecule has 0 saturated heterocycles. The van der Waals surface area contributed by atoms with Crippen molar-refractivity contribution in [2.75, 3.05) is 25.6 Å². The molecule has 1 aromatic heterocycles. The molecule has 0 aromatic carbocycles. The van der Waals surface area contributed by atoms with E-state index < -0.39 is 0 Å². The van der Waals surface area contributed by atoms with Gasteiger partial charge in [0, 0.05) is 25.5 Å². The highest BCUT2D eigenvalue weighted by Crippen LogP contribution is 2.07. The van der Waals surface area contributed by atoms with E-state index in [-0.39, 0.29) is 0 Å². The number of anilines is 1.